The van der Waals surface area contributed by atoms with Gasteiger partial charge in [-0.05, 0) is 24.3 Å². The van der Waals surface area contributed by atoms with Gasteiger partial charge in [0, 0.05) is 17.7 Å². The summed E-state index contributed by atoms with van der Waals surface area (Å²) in [4.78, 5) is 13.5. The second kappa shape index (κ2) is 11.6. The van der Waals surface area contributed by atoms with Crippen LogP contribution in [0.25, 0.3) is 22.3 Å². The van der Waals surface area contributed by atoms with Crippen LogP contribution in [0, 0.1) is 0 Å². The number of aliphatic hydroxyl groups is 7. The highest BCUT2D eigenvalue weighted by molar-refractivity contribution is 5.88. The molecule has 16 heteroatoms. The van der Waals surface area contributed by atoms with E-state index in [1.165, 1.54) is 24.3 Å². The first-order chi connectivity index (χ1) is 19.9. The Labute approximate surface area is 235 Å². The number of hydrogen-bond donors (Lipinski definition) is 10. The molecule has 5 rings (SSSR count). The molecule has 2 saturated heterocycles. The molecule has 0 amide bonds. The molecule has 0 aliphatic carbocycles. The predicted molar refractivity (Wildman–Crippen MR) is 135 cm³/mol. The van der Waals surface area contributed by atoms with Crippen LogP contribution in [0.3, 0.4) is 0 Å². The molecule has 228 valence electrons. The van der Waals surface area contributed by atoms with Crippen LogP contribution in [0.4, 0.5) is 0 Å². The van der Waals surface area contributed by atoms with Gasteiger partial charge in [0.25, 0.3) is 0 Å². The molecule has 10 unspecified atom stereocenters. The average molecular weight is 596 g/mol. The van der Waals surface area contributed by atoms with Crippen molar-refractivity contribution in [1.29, 1.82) is 0 Å². The van der Waals surface area contributed by atoms with E-state index >= 15 is 0 Å². The van der Waals surface area contributed by atoms with Crippen LogP contribution in [0.5, 0.6) is 23.0 Å². The van der Waals surface area contributed by atoms with E-state index in [1.54, 1.807) is 0 Å². The molecule has 0 bridgehead atoms. The van der Waals surface area contributed by atoms with E-state index in [0.29, 0.717) is 0 Å². The Balaban J connectivity index is 1.51. The van der Waals surface area contributed by atoms with Crippen LogP contribution in [0.1, 0.15) is 0 Å². The Morgan fingerprint density at radius 3 is 1.95 bits per heavy atom. The van der Waals surface area contributed by atoms with Crippen LogP contribution in [-0.2, 0) is 14.2 Å². The first-order valence-electron chi connectivity index (χ1n) is 12.6. The van der Waals surface area contributed by atoms with Crippen LogP contribution in [0.15, 0.2) is 45.6 Å². The van der Waals surface area contributed by atoms with Crippen molar-refractivity contribution in [3.8, 4) is 34.3 Å². The number of ether oxygens (including phenoxy) is 4. The fourth-order valence-electron chi connectivity index (χ4n) is 4.63. The van der Waals surface area contributed by atoms with Crippen LogP contribution in [0.2, 0.25) is 0 Å². The van der Waals surface area contributed by atoms with E-state index < -0.39 is 96.3 Å². The van der Waals surface area contributed by atoms with Gasteiger partial charge >= 0.3 is 0 Å². The molecule has 0 radical (unpaired) electrons. The summed E-state index contributed by atoms with van der Waals surface area (Å²) in [6.45, 7) is -0.783. The number of aromatic hydroxyl groups is 3. The van der Waals surface area contributed by atoms with Gasteiger partial charge in [-0.15, -0.1) is 0 Å². The van der Waals surface area contributed by atoms with Crippen LogP contribution >= 0.6 is 0 Å². The summed E-state index contributed by atoms with van der Waals surface area (Å²) < 4.78 is 27.5. The van der Waals surface area contributed by atoms with Gasteiger partial charge in [-0.1, -0.05) is 0 Å². The van der Waals surface area contributed by atoms with E-state index in [1.807, 2.05) is 0 Å². The normalized spacial score (nSPS) is 33.5. The molecule has 2 fully saturated rings. The number of rotatable bonds is 6. The van der Waals surface area contributed by atoms with Crippen molar-refractivity contribution in [2.45, 2.75) is 61.6 Å². The van der Waals surface area contributed by atoms with Crippen LogP contribution in [-0.4, -0.2) is 119 Å². The Kier molecular flexibility index (Phi) is 8.28. The number of aliphatic hydroxyl groups excluding tert-OH is 7. The minimum atomic E-state index is -2.03. The maximum Gasteiger partial charge on any atom is 0.239 e. The molecule has 2 aliphatic heterocycles. The molecular weight excluding hydrogens is 568 g/mol. The first-order valence-corrected chi connectivity index (χ1v) is 12.6. The summed E-state index contributed by atoms with van der Waals surface area (Å²) in [6.07, 6.45) is -18.6. The summed E-state index contributed by atoms with van der Waals surface area (Å²) in [5.41, 5.74) is -1.10. The van der Waals surface area contributed by atoms with Gasteiger partial charge in [0.1, 0.15) is 70.9 Å². The van der Waals surface area contributed by atoms with Crippen molar-refractivity contribution in [3.63, 3.8) is 0 Å². The van der Waals surface area contributed by atoms with Crippen molar-refractivity contribution in [2.75, 3.05) is 6.61 Å². The molecule has 10 atom stereocenters. The lowest BCUT2D eigenvalue weighted by Crippen LogP contribution is -2.64. The van der Waals surface area contributed by atoms with Crippen molar-refractivity contribution in [3.05, 3.63) is 46.6 Å². The maximum atomic E-state index is 13.5. The summed E-state index contributed by atoms with van der Waals surface area (Å²) in [5.74, 6) is -2.19. The Morgan fingerprint density at radius 2 is 1.31 bits per heavy atom. The van der Waals surface area contributed by atoms with Crippen molar-refractivity contribution in [1.82, 2.24) is 0 Å². The molecule has 42 heavy (non-hydrogen) atoms. The number of fused-ring (bicyclic) bond motifs is 1. The van der Waals surface area contributed by atoms with Gasteiger partial charge in [-0.3, -0.25) is 4.79 Å². The molecule has 10 N–H and O–H groups in total. The third kappa shape index (κ3) is 5.36. The molecule has 0 saturated carbocycles. The van der Waals surface area contributed by atoms with Crippen molar-refractivity contribution in [2.24, 2.45) is 0 Å². The number of phenols is 3. The van der Waals surface area contributed by atoms with Crippen molar-refractivity contribution >= 4 is 11.0 Å². The topological polar surface area (TPSA) is 269 Å². The highest BCUT2D eigenvalue weighted by Crippen LogP contribution is 2.38. The molecule has 0 spiro atoms. The Bertz CT molecular complexity index is 1470. The lowest BCUT2D eigenvalue weighted by Gasteiger charge is -2.44. The van der Waals surface area contributed by atoms with E-state index in [4.69, 9.17) is 23.4 Å². The first kappa shape index (κ1) is 29.9. The SMILES string of the molecule is O=c1c(OC2OC(OC3OC(CO)C(O)C(O)C3O)C(O)C(O)C2O)c(-c2ccc(O)cc2)oc2cc(O)cc(O)c12. The Hall–Kier alpha value is -3.55. The van der Waals surface area contributed by atoms with Gasteiger partial charge < -0.3 is 74.4 Å². The minimum absolute atomic E-state index is 0.129. The Morgan fingerprint density at radius 1 is 0.714 bits per heavy atom. The monoisotopic (exact) mass is 596 g/mol. The second-order valence-electron chi connectivity index (χ2n) is 9.77. The smallest absolute Gasteiger partial charge is 0.239 e. The van der Waals surface area contributed by atoms with E-state index in [-0.39, 0.29) is 22.7 Å². The van der Waals surface area contributed by atoms with Gasteiger partial charge in [0.15, 0.2) is 18.3 Å². The van der Waals surface area contributed by atoms with Gasteiger partial charge in [0.2, 0.25) is 17.5 Å². The molecule has 1 aromatic heterocycles. The molecule has 3 aromatic rings. The molecule has 16 nitrogen and oxygen atoms in total. The highest BCUT2D eigenvalue weighted by Gasteiger charge is 2.50. The number of phenolic OH excluding ortho intramolecular Hbond substituents is 3. The van der Waals surface area contributed by atoms with Crippen LogP contribution < -0.4 is 10.2 Å². The largest absolute Gasteiger partial charge is 0.508 e. The maximum absolute atomic E-state index is 13.5. The zero-order valence-electron chi connectivity index (χ0n) is 21.4. The third-order valence-electron chi connectivity index (χ3n) is 6.92. The lowest BCUT2D eigenvalue weighted by molar-refractivity contribution is -0.390. The standard InChI is InChI=1S/C26H28O16/c27-7-13-15(31)17(33)19(35)24(39-13)41-26-21(37)18(34)20(36)25(42-26)40-23-16(32)14-11(30)5-10(29)6-12(14)38-22(23)8-1-3-9(28)4-2-8/h1-6,13,15,17-21,24-31,33-37H,7H2. The minimum Gasteiger partial charge on any atom is -0.508 e. The zero-order valence-corrected chi connectivity index (χ0v) is 21.4. The number of hydrogen-bond acceptors (Lipinski definition) is 16. The van der Waals surface area contributed by atoms with E-state index in [2.05, 4.69) is 0 Å². The van der Waals surface area contributed by atoms with Gasteiger partial charge in [-0.25, -0.2) is 0 Å². The zero-order chi connectivity index (χ0) is 30.5. The summed E-state index contributed by atoms with van der Waals surface area (Å²) in [5, 5.41) is 101. The number of benzene rings is 2. The average Bonchev–Trinajstić information content (AvgIpc) is 2.95. The fraction of sp³-hybridized carbons (Fsp3) is 0.423. The molecule has 2 aromatic carbocycles. The highest BCUT2D eigenvalue weighted by atomic mass is 16.8. The third-order valence-corrected chi connectivity index (χ3v) is 6.92. The van der Waals surface area contributed by atoms with Crippen molar-refractivity contribution < 1.29 is 74.4 Å². The molecule has 2 aliphatic rings. The van der Waals surface area contributed by atoms with E-state index in [9.17, 15) is 55.9 Å². The summed E-state index contributed by atoms with van der Waals surface area (Å²) in [6, 6.07) is 7.15. The molecule has 3 heterocycles. The fourth-order valence-corrected chi connectivity index (χ4v) is 4.63. The van der Waals surface area contributed by atoms with Gasteiger partial charge in [-0.2, -0.15) is 0 Å². The quantitative estimate of drug-likeness (QED) is 0.141. The molecular formula is C26H28O16. The summed E-state index contributed by atoms with van der Waals surface area (Å²) in [7, 11) is 0. The summed E-state index contributed by atoms with van der Waals surface area (Å²) >= 11 is 0. The van der Waals surface area contributed by atoms with E-state index in [0.717, 1.165) is 12.1 Å². The van der Waals surface area contributed by atoms with Gasteiger partial charge in [0.05, 0.1) is 6.61 Å². The lowest BCUT2D eigenvalue weighted by atomic mass is 9.99. The second-order valence-corrected chi connectivity index (χ2v) is 9.77. The predicted octanol–water partition coefficient (Wildman–Crippen LogP) is -2.46.